The van der Waals surface area contributed by atoms with Crippen molar-refractivity contribution in [2.75, 3.05) is 5.32 Å². The number of anilines is 1. The zero-order valence-electron chi connectivity index (χ0n) is 8.95. The predicted octanol–water partition coefficient (Wildman–Crippen LogP) is 3.37. The first kappa shape index (κ1) is 10.2. The van der Waals surface area contributed by atoms with Gasteiger partial charge in [-0.3, -0.25) is 0 Å². The first-order valence-electron chi connectivity index (χ1n) is 4.95. The summed E-state index contributed by atoms with van der Waals surface area (Å²) in [6.07, 6.45) is 0. The topological polar surface area (TPSA) is 24.9 Å². The fourth-order valence-corrected chi connectivity index (χ4v) is 2.12. The van der Waals surface area contributed by atoms with E-state index >= 15 is 0 Å². The van der Waals surface area contributed by atoms with Gasteiger partial charge in [0.25, 0.3) is 0 Å². The SMILES string of the molecule is Cc1cccc(CNc2nc(C)cs2)c1. The normalized spacial score (nSPS) is 10.3. The monoisotopic (exact) mass is 218 g/mol. The summed E-state index contributed by atoms with van der Waals surface area (Å²) in [5, 5.41) is 6.36. The van der Waals surface area contributed by atoms with E-state index in [0.29, 0.717) is 0 Å². The number of thiazole rings is 1. The van der Waals surface area contributed by atoms with E-state index in [1.807, 2.05) is 6.92 Å². The summed E-state index contributed by atoms with van der Waals surface area (Å²) in [4.78, 5) is 4.36. The molecule has 0 amide bonds. The van der Waals surface area contributed by atoms with Gasteiger partial charge in [-0.25, -0.2) is 4.98 Å². The molecule has 1 N–H and O–H groups in total. The molecule has 2 aromatic rings. The average Bonchev–Trinajstić information content (AvgIpc) is 2.62. The van der Waals surface area contributed by atoms with Crippen molar-refractivity contribution in [1.29, 1.82) is 0 Å². The Bertz CT molecular complexity index is 448. The molecule has 0 saturated carbocycles. The van der Waals surface area contributed by atoms with Crippen LogP contribution in [-0.2, 0) is 6.54 Å². The Labute approximate surface area is 94.0 Å². The van der Waals surface area contributed by atoms with E-state index in [0.717, 1.165) is 17.4 Å². The van der Waals surface area contributed by atoms with Crippen LogP contribution < -0.4 is 5.32 Å². The number of rotatable bonds is 3. The van der Waals surface area contributed by atoms with Crippen LogP contribution in [0.2, 0.25) is 0 Å². The van der Waals surface area contributed by atoms with E-state index < -0.39 is 0 Å². The van der Waals surface area contributed by atoms with E-state index in [1.54, 1.807) is 11.3 Å². The number of benzene rings is 1. The van der Waals surface area contributed by atoms with Crippen LogP contribution in [-0.4, -0.2) is 4.98 Å². The van der Waals surface area contributed by atoms with Crippen LogP contribution in [0, 0.1) is 13.8 Å². The number of aromatic nitrogens is 1. The maximum Gasteiger partial charge on any atom is 0.183 e. The minimum absolute atomic E-state index is 0.842. The summed E-state index contributed by atoms with van der Waals surface area (Å²) < 4.78 is 0. The lowest BCUT2D eigenvalue weighted by Gasteiger charge is -2.03. The highest BCUT2D eigenvalue weighted by Crippen LogP contribution is 2.15. The van der Waals surface area contributed by atoms with Crippen molar-refractivity contribution in [2.24, 2.45) is 0 Å². The minimum Gasteiger partial charge on any atom is -0.357 e. The highest BCUT2D eigenvalue weighted by Gasteiger charge is 1.97. The molecular weight excluding hydrogens is 204 g/mol. The van der Waals surface area contributed by atoms with Gasteiger partial charge in [-0.15, -0.1) is 11.3 Å². The van der Waals surface area contributed by atoms with E-state index in [-0.39, 0.29) is 0 Å². The smallest absolute Gasteiger partial charge is 0.183 e. The summed E-state index contributed by atoms with van der Waals surface area (Å²) in [5.41, 5.74) is 3.67. The highest BCUT2D eigenvalue weighted by atomic mass is 32.1. The van der Waals surface area contributed by atoms with Crippen molar-refractivity contribution in [3.8, 4) is 0 Å². The molecule has 2 nitrogen and oxygen atoms in total. The molecule has 0 saturated heterocycles. The number of hydrogen-bond donors (Lipinski definition) is 1. The van der Waals surface area contributed by atoms with Crippen molar-refractivity contribution in [3.63, 3.8) is 0 Å². The summed E-state index contributed by atoms with van der Waals surface area (Å²) in [5.74, 6) is 0. The number of nitrogens with one attached hydrogen (secondary N) is 1. The first-order chi connectivity index (χ1) is 7.24. The summed E-state index contributed by atoms with van der Waals surface area (Å²) in [6.45, 7) is 4.96. The molecule has 1 aromatic carbocycles. The molecule has 1 heterocycles. The zero-order valence-corrected chi connectivity index (χ0v) is 9.77. The third kappa shape index (κ3) is 2.80. The Hall–Kier alpha value is -1.35. The minimum atomic E-state index is 0.842. The Kier molecular flexibility index (Phi) is 3.02. The number of aryl methyl sites for hydroxylation is 2. The van der Waals surface area contributed by atoms with E-state index in [4.69, 9.17) is 0 Å². The lowest BCUT2D eigenvalue weighted by atomic mass is 10.1. The molecule has 3 heteroatoms. The van der Waals surface area contributed by atoms with Gasteiger partial charge in [0.15, 0.2) is 5.13 Å². The first-order valence-corrected chi connectivity index (χ1v) is 5.83. The van der Waals surface area contributed by atoms with Crippen LogP contribution in [0.3, 0.4) is 0 Å². The molecule has 0 aliphatic heterocycles. The molecule has 1 aromatic heterocycles. The second-order valence-corrected chi connectivity index (χ2v) is 4.49. The van der Waals surface area contributed by atoms with Crippen molar-refractivity contribution in [3.05, 3.63) is 46.5 Å². The second kappa shape index (κ2) is 4.45. The van der Waals surface area contributed by atoms with Gasteiger partial charge in [0.05, 0.1) is 5.69 Å². The Morgan fingerprint density at radius 1 is 1.33 bits per heavy atom. The maximum atomic E-state index is 4.36. The van der Waals surface area contributed by atoms with Crippen LogP contribution >= 0.6 is 11.3 Å². The van der Waals surface area contributed by atoms with Crippen LogP contribution in [0.5, 0.6) is 0 Å². The van der Waals surface area contributed by atoms with Crippen LogP contribution in [0.25, 0.3) is 0 Å². The van der Waals surface area contributed by atoms with Gasteiger partial charge in [-0.1, -0.05) is 29.8 Å². The molecule has 78 valence electrons. The zero-order chi connectivity index (χ0) is 10.7. The lowest BCUT2D eigenvalue weighted by molar-refractivity contribution is 1.12. The molecule has 0 atom stereocenters. The molecule has 0 bridgehead atoms. The van der Waals surface area contributed by atoms with Crippen molar-refractivity contribution in [1.82, 2.24) is 4.98 Å². The van der Waals surface area contributed by atoms with Crippen molar-refractivity contribution < 1.29 is 0 Å². The molecule has 0 radical (unpaired) electrons. The summed E-state index contributed by atoms with van der Waals surface area (Å²) in [7, 11) is 0. The van der Waals surface area contributed by atoms with E-state index in [9.17, 15) is 0 Å². The molecule has 0 unspecified atom stereocenters. The quantitative estimate of drug-likeness (QED) is 0.854. The standard InChI is InChI=1S/C12H14N2S/c1-9-4-3-5-11(6-9)7-13-12-14-10(2)8-15-12/h3-6,8H,7H2,1-2H3,(H,13,14). The summed E-state index contributed by atoms with van der Waals surface area (Å²) in [6, 6.07) is 8.50. The van der Waals surface area contributed by atoms with Gasteiger partial charge < -0.3 is 5.32 Å². The molecular formula is C12H14N2S. The molecule has 0 aliphatic rings. The summed E-state index contributed by atoms with van der Waals surface area (Å²) >= 11 is 1.65. The largest absolute Gasteiger partial charge is 0.357 e. The van der Waals surface area contributed by atoms with Gasteiger partial charge in [-0.05, 0) is 19.4 Å². The molecule has 0 aliphatic carbocycles. The van der Waals surface area contributed by atoms with Crippen LogP contribution in [0.15, 0.2) is 29.6 Å². The second-order valence-electron chi connectivity index (χ2n) is 3.64. The fraction of sp³-hybridized carbons (Fsp3) is 0.250. The van der Waals surface area contributed by atoms with E-state index in [1.165, 1.54) is 11.1 Å². The lowest BCUT2D eigenvalue weighted by Crippen LogP contribution is -1.98. The Balaban J connectivity index is 1.99. The molecule has 0 spiro atoms. The average molecular weight is 218 g/mol. The predicted molar refractivity (Wildman–Crippen MR) is 65.4 cm³/mol. The Morgan fingerprint density at radius 3 is 2.87 bits per heavy atom. The van der Waals surface area contributed by atoms with E-state index in [2.05, 4.69) is 46.9 Å². The van der Waals surface area contributed by atoms with Gasteiger partial charge in [0, 0.05) is 11.9 Å². The van der Waals surface area contributed by atoms with Crippen LogP contribution in [0.1, 0.15) is 16.8 Å². The number of nitrogens with zero attached hydrogens (tertiary/aromatic N) is 1. The molecule has 0 fully saturated rings. The fourth-order valence-electron chi connectivity index (χ4n) is 1.43. The number of hydrogen-bond acceptors (Lipinski definition) is 3. The highest BCUT2D eigenvalue weighted by molar-refractivity contribution is 7.13. The van der Waals surface area contributed by atoms with Gasteiger partial charge in [0.1, 0.15) is 0 Å². The van der Waals surface area contributed by atoms with Gasteiger partial charge in [-0.2, -0.15) is 0 Å². The van der Waals surface area contributed by atoms with Crippen LogP contribution in [0.4, 0.5) is 5.13 Å². The third-order valence-electron chi connectivity index (χ3n) is 2.15. The Morgan fingerprint density at radius 2 is 2.20 bits per heavy atom. The van der Waals surface area contributed by atoms with Gasteiger partial charge >= 0.3 is 0 Å². The molecule has 15 heavy (non-hydrogen) atoms. The third-order valence-corrected chi connectivity index (χ3v) is 3.06. The van der Waals surface area contributed by atoms with Crippen molar-refractivity contribution in [2.45, 2.75) is 20.4 Å². The van der Waals surface area contributed by atoms with Gasteiger partial charge in [0.2, 0.25) is 0 Å². The maximum absolute atomic E-state index is 4.36. The van der Waals surface area contributed by atoms with Crippen molar-refractivity contribution >= 4 is 16.5 Å². The molecule has 2 rings (SSSR count).